The van der Waals surface area contributed by atoms with Crippen LogP contribution in [0.4, 0.5) is 0 Å². The van der Waals surface area contributed by atoms with Crippen LogP contribution in [0.25, 0.3) is 0 Å². The molecule has 0 aromatic carbocycles. The summed E-state index contributed by atoms with van der Waals surface area (Å²) in [6, 6.07) is 0. The molecule has 0 amide bonds. The number of piperidine rings is 1. The van der Waals surface area contributed by atoms with Crippen molar-refractivity contribution in [2.24, 2.45) is 0 Å². The highest BCUT2D eigenvalue weighted by Crippen LogP contribution is 2.17. The van der Waals surface area contributed by atoms with Crippen molar-refractivity contribution in [2.45, 2.75) is 38.4 Å². The lowest BCUT2D eigenvalue weighted by molar-refractivity contribution is -0.0204. The van der Waals surface area contributed by atoms with E-state index >= 15 is 0 Å². The minimum Gasteiger partial charge on any atom is -0.374 e. The predicted octanol–water partition coefficient (Wildman–Crippen LogP) is 0.849. The molecule has 1 atom stereocenters. The van der Waals surface area contributed by atoms with E-state index in [2.05, 4.69) is 17.1 Å². The largest absolute Gasteiger partial charge is 0.374 e. The van der Waals surface area contributed by atoms with Gasteiger partial charge in [0.25, 0.3) is 0 Å². The Labute approximate surface area is 86.8 Å². The number of nitrogens with one attached hydrogen (secondary N) is 1. The first-order valence-electron chi connectivity index (χ1n) is 5.97. The number of ether oxygens (including phenoxy) is 1. The molecule has 0 aromatic rings. The summed E-state index contributed by atoms with van der Waals surface area (Å²) < 4.78 is 6.10. The fourth-order valence-corrected chi connectivity index (χ4v) is 2.40. The molecule has 1 N–H and O–H groups in total. The first kappa shape index (κ1) is 10.4. The van der Waals surface area contributed by atoms with Crippen molar-refractivity contribution < 1.29 is 4.74 Å². The maximum absolute atomic E-state index is 6.10. The van der Waals surface area contributed by atoms with Gasteiger partial charge in [0.2, 0.25) is 0 Å². The summed E-state index contributed by atoms with van der Waals surface area (Å²) in [6.07, 6.45) is 4.67. The van der Waals surface area contributed by atoms with E-state index in [1.165, 1.54) is 32.4 Å². The van der Waals surface area contributed by atoms with Crippen molar-refractivity contribution in [3.63, 3.8) is 0 Å². The highest BCUT2D eigenvalue weighted by molar-refractivity contribution is 4.78. The molecule has 0 bridgehead atoms. The van der Waals surface area contributed by atoms with E-state index in [-0.39, 0.29) is 0 Å². The summed E-state index contributed by atoms with van der Waals surface area (Å²) in [7, 11) is 0. The Hall–Kier alpha value is -0.120. The van der Waals surface area contributed by atoms with Crippen LogP contribution in [0, 0.1) is 0 Å². The summed E-state index contributed by atoms with van der Waals surface area (Å²) in [5, 5.41) is 3.37. The lowest BCUT2D eigenvalue weighted by Crippen LogP contribution is -2.35. The van der Waals surface area contributed by atoms with Crippen molar-refractivity contribution in [2.75, 3.05) is 32.7 Å². The molecule has 0 unspecified atom stereocenters. The zero-order chi connectivity index (χ0) is 9.80. The Bertz CT molecular complexity index is 169. The first-order chi connectivity index (χ1) is 6.88. The van der Waals surface area contributed by atoms with E-state index in [4.69, 9.17) is 4.74 Å². The molecule has 0 saturated carbocycles. The highest BCUT2D eigenvalue weighted by atomic mass is 16.5. The zero-order valence-electron chi connectivity index (χ0n) is 9.17. The van der Waals surface area contributed by atoms with Crippen LogP contribution in [0.15, 0.2) is 0 Å². The molecule has 14 heavy (non-hydrogen) atoms. The SMILES string of the molecule is CCN1CC[C@H](OC2CCNCC2)C1. The molecule has 0 radical (unpaired) electrons. The monoisotopic (exact) mass is 198 g/mol. The van der Waals surface area contributed by atoms with Crippen LogP contribution < -0.4 is 5.32 Å². The molecule has 82 valence electrons. The van der Waals surface area contributed by atoms with E-state index in [0.717, 1.165) is 19.6 Å². The van der Waals surface area contributed by atoms with Crippen LogP contribution in [0.5, 0.6) is 0 Å². The molecule has 2 fully saturated rings. The molecule has 0 aliphatic carbocycles. The summed E-state index contributed by atoms with van der Waals surface area (Å²) >= 11 is 0. The third-order valence-electron chi connectivity index (χ3n) is 3.35. The van der Waals surface area contributed by atoms with Crippen LogP contribution in [0.3, 0.4) is 0 Å². The summed E-state index contributed by atoms with van der Waals surface area (Å²) in [6.45, 7) is 8.05. The second-order valence-corrected chi connectivity index (χ2v) is 4.39. The predicted molar refractivity (Wildman–Crippen MR) is 57.5 cm³/mol. The van der Waals surface area contributed by atoms with Gasteiger partial charge < -0.3 is 15.0 Å². The van der Waals surface area contributed by atoms with Crippen LogP contribution in [-0.2, 0) is 4.74 Å². The fourth-order valence-electron chi connectivity index (χ4n) is 2.40. The van der Waals surface area contributed by atoms with Crippen LogP contribution in [0.1, 0.15) is 26.2 Å². The molecule has 2 rings (SSSR count). The van der Waals surface area contributed by atoms with Crippen molar-refractivity contribution in [1.82, 2.24) is 10.2 Å². The normalized spacial score (nSPS) is 31.1. The third kappa shape index (κ3) is 2.69. The smallest absolute Gasteiger partial charge is 0.0717 e. The number of nitrogens with zero attached hydrogens (tertiary/aromatic N) is 1. The second kappa shape index (κ2) is 5.10. The van der Waals surface area contributed by atoms with Crippen molar-refractivity contribution in [3.8, 4) is 0 Å². The number of hydrogen-bond acceptors (Lipinski definition) is 3. The first-order valence-corrected chi connectivity index (χ1v) is 5.97. The number of rotatable bonds is 3. The van der Waals surface area contributed by atoms with E-state index in [1.807, 2.05) is 0 Å². The molecule has 0 spiro atoms. The van der Waals surface area contributed by atoms with Gasteiger partial charge in [0.15, 0.2) is 0 Å². The van der Waals surface area contributed by atoms with Crippen molar-refractivity contribution in [3.05, 3.63) is 0 Å². The lowest BCUT2D eigenvalue weighted by Gasteiger charge is -2.26. The molecule has 2 aliphatic rings. The van der Waals surface area contributed by atoms with Gasteiger partial charge in [0.1, 0.15) is 0 Å². The average Bonchev–Trinajstić information content (AvgIpc) is 2.67. The van der Waals surface area contributed by atoms with Crippen LogP contribution in [-0.4, -0.2) is 49.8 Å². The molecular weight excluding hydrogens is 176 g/mol. The molecule has 3 heteroatoms. The lowest BCUT2D eigenvalue weighted by atomic mass is 10.1. The van der Waals surface area contributed by atoms with Gasteiger partial charge in [-0.3, -0.25) is 0 Å². The van der Waals surface area contributed by atoms with Crippen molar-refractivity contribution >= 4 is 0 Å². The van der Waals surface area contributed by atoms with Crippen LogP contribution in [0.2, 0.25) is 0 Å². The Balaban J connectivity index is 1.69. The van der Waals surface area contributed by atoms with E-state index in [1.54, 1.807) is 0 Å². The Morgan fingerprint density at radius 3 is 2.64 bits per heavy atom. The van der Waals surface area contributed by atoms with Crippen LogP contribution >= 0.6 is 0 Å². The van der Waals surface area contributed by atoms with Gasteiger partial charge in [-0.05, 0) is 38.9 Å². The van der Waals surface area contributed by atoms with Gasteiger partial charge in [-0.15, -0.1) is 0 Å². The van der Waals surface area contributed by atoms with Gasteiger partial charge >= 0.3 is 0 Å². The minimum absolute atomic E-state index is 0.512. The summed E-state index contributed by atoms with van der Waals surface area (Å²) in [5.74, 6) is 0. The molecule has 3 nitrogen and oxygen atoms in total. The third-order valence-corrected chi connectivity index (χ3v) is 3.35. The molecule has 2 saturated heterocycles. The maximum atomic E-state index is 6.10. The topological polar surface area (TPSA) is 24.5 Å². The summed E-state index contributed by atoms with van der Waals surface area (Å²) in [4.78, 5) is 2.48. The van der Waals surface area contributed by atoms with Gasteiger partial charge in [-0.2, -0.15) is 0 Å². The number of likely N-dealkylation sites (N-methyl/N-ethyl adjacent to an activating group) is 1. The average molecular weight is 198 g/mol. The molecule has 2 heterocycles. The zero-order valence-corrected chi connectivity index (χ0v) is 9.17. The van der Waals surface area contributed by atoms with Gasteiger partial charge in [-0.1, -0.05) is 6.92 Å². The maximum Gasteiger partial charge on any atom is 0.0717 e. The quantitative estimate of drug-likeness (QED) is 0.727. The highest BCUT2D eigenvalue weighted by Gasteiger charge is 2.25. The molecule has 0 aromatic heterocycles. The van der Waals surface area contributed by atoms with Gasteiger partial charge in [-0.25, -0.2) is 0 Å². The molecular formula is C11H22N2O. The number of likely N-dealkylation sites (tertiary alicyclic amines) is 1. The Morgan fingerprint density at radius 1 is 1.21 bits per heavy atom. The molecule has 2 aliphatic heterocycles. The van der Waals surface area contributed by atoms with Gasteiger partial charge in [0.05, 0.1) is 12.2 Å². The minimum atomic E-state index is 0.512. The van der Waals surface area contributed by atoms with E-state index < -0.39 is 0 Å². The standard InChI is InChI=1S/C11H22N2O/c1-2-13-8-5-11(9-13)14-10-3-6-12-7-4-10/h10-12H,2-9H2,1H3/t11-/m0/s1. The fraction of sp³-hybridized carbons (Fsp3) is 1.00. The second-order valence-electron chi connectivity index (χ2n) is 4.39. The Kier molecular flexibility index (Phi) is 3.79. The van der Waals surface area contributed by atoms with Gasteiger partial charge in [0, 0.05) is 13.1 Å². The number of hydrogen-bond donors (Lipinski definition) is 1. The Morgan fingerprint density at radius 2 is 2.00 bits per heavy atom. The van der Waals surface area contributed by atoms with E-state index in [9.17, 15) is 0 Å². The van der Waals surface area contributed by atoms with Crippen molar-refractivity contribution in [1.29, 1.82) is 0 Å². The van der Waals surface area contributed by atoms with E-state index in [0.29, 0.717) is 12.2 Å². The summed E-state index contributed by atoms with van der Waals surface area (Å²) in [5.41, 5.74) is 0.